The second kappa shape index (κ2) is 6.68. The van der Waals surface area contributed by atoms with E-state index >= 15 is 0 Å². The highest BCUT2D eigenvalue weighted by molar-refractivity contribution is 7.89. The molecule has 15 heavy (non-hydrogen) atoms. The first-order valence-corrected chi connectivity index (χ1v) is 6.91. The highest BCUT2D eigenvalue weighted by Gasteiger charge is 2.22. The fourth-order valence-corrected chi connectivity index (χ4v) is 2.69. The van der Waals surface area contributed by atoms with Crippen LogP contribution < -0.4 is 10.0 Å². The van der Waals surface area contributed by atoms with E-state index in [1.54, 1.807) is 6.92 Å². The Morgan fingerprint density at radius 2 is 2.20 bits per heavy atom. The van der Waals surface area contributed by atoms with Gasteiger partial charge in [0.25, 0.3) is 0 Å². The molecule has 92 valence electrons. The molecule has 0 bridgehead atoms. The standard InChI is InChI=1S/C9H20N2O2S.ClH/c1-3-14(12,13)11-8(2)9-5-4-6-10-7-9;/h8-11H,3-7H2,1-2H3;1H. The van der Waals surface area contributed by atoms with Crippen molar-refractivity contribution in [1.29, 1.82) is 0 Å². The number of hydrogen-bond donors (Lipinski definition) is 2. The molecule has 0 saturated carbocycles. The molecule has 1 rings (SSSR count). The van der Waals surface area contributed by atoms with Gasteiger partial charge in [-0.3, -0.25) is 0 Å². The number of sulfonamides is 1. The maximum Gasteiger partial charge on any atom is 0.211 e. The molecule has 1 saturated heterocycles. The van der Waals surface area contributed by atoms with Crippen molar-refractivity contribution in [1.82, 2.24) is 10.0 Å². The van der Waals surface area contributed by atoms with Crippen molar-refractivity contribution in [3.63, 3.8) is 0 Å². The summed E-state index contributed by atoms with van der Waals surface area (Å²) < 4.78 is 25.3. The summed E-state index contributed by atoms with van der Waals surface area (Å²) in [6.07, 6.45) is 2.25. The van der Waals surface area contributed by atoms with Gasteiger partial charge in [0.15, 0.2) is 0 Å². The van der Waals surface area contributed by atoms with Gasteiger partial charge in [0.2, 0.25) is 10.0 Å². The van der Waals surface area contributed by atoms with Crippen molar-refractivity contribution in [2.75, 3.05) is 18.8 Å². The van der Waals surface area contributed by atoms with Crippen LogP contribution in [0.3, 0.4) is 0 Å². The lowest BCUT2D eigenvalue weighted by atomic mass is 9.94. The third kappa shape index (κ3) is 5.15. The SMILES string of the molecule is CCS(=O)(=O)NC(C)C1CCCNC1.Cl. The topological polar surface area (TPSA) is 58.2 Å². The molecule has 0 spiro atoms. The second-order valence-corrected chi connectivity index (χ2v) is 5.96. The fraction of sp³-hybridized carbons (Fsp3) is 1.00. The number of halogens is 1. The molecule has 2 unspecified atom stereocenters. The summed E-state index contributed by atoms with van der Waals surface area (Å²) in [5, 5.41) is 3.28. The van der Waals surface area contributed by atoms with Gasteiger partial charge in [0, 0.05) is 6.04 Å². The number of piperidine rings is 1. The van der Waals surface area contributed by atoms with Gasteiger partial charge in [-0.05, 0) is 45.7 Å². The Balaban J connectivity index is 0.00000196. The van der Waals surface area contributed by atoms with Gasteiger partial charge in [-0.1, -0.05) is 0 Å². The molecule has 2 N–H and O–H groups in total. The van der Waals surface area contributed by atoms with Gasteiger partial charge in [0.1, 0.15) is 0 Å². The highest BCUT2D eigenvalue weighted by atomic mass is 35.5. The summed E-state index contributed by atoms with van der Waals surface area (Å²) >= 11 is 0. The van der Waals surface area contributed by atoms with Crippen LogP contribution in [0.25, 0.3) is 0 Å². The van der Waals surface area contributed by atoms with Gasteiger partial charge in [-0.2, -0.15) is 0 Å². The largest absolute Gasteiger partial charge is 0.316 e. The maximum atomic E-state index is 11.3. The Labute approximate surface area is 98.7 Å². The zero-order valence-corrected chi connectivity index (χ0v) is 11.0. The minimum atomic E-state index is -3.05. The maximum absolute atomic E-state index is 11.3. The molecule has 0 aromatic carbocycles. The van der Waals surface area contributed by atoms with Crippen LogP contribution in [0.1, 0.15) is 26.7 Å². The van der Waals surface area contributed by atoms with Crippen LogP contribution in [0.15, 0.2) is 0 Å². The molecule has 0 amide bonds. The predicted octanol–water partition coefficient (Wildman–Crippen LogP) is 0.736. The second-order valence-electron chi connectivity index (χ2n) is 3.92. The molecule has 1 aliphatic heterocycles. The van der Waals surface area contributed by atoms with Crippen LogP contribution in [-0.4, -0.2) is 33.3 Å². The van der Waals surface area contributed by atoms with Gasteiger partial charge < -0.3 is 5.32 Å². The van der Waals surface area contributed by atoms with Crippen LogP contribution in [0, 0.1) is 5.92 Å². The first kappa shape index (κ1) is 15.2. The van der Waals surface area contributed by atoms with Crippen LogP contribution in [0.4, 0.5) is 0 Å². The summed E-state index contributed by atoms with van der Waals surface area (Å²) in [7, 11) is -3.05. The molecule has 6 heteroatoms. The fourth-order valence-electron chi connectivity index (χ4n) is 1.77. The molecule has 1 aliphatic rings. The van der Waals surface area contributed by atoms with Crippen LogP contribution in [-0.2, 0) is 10.0 Å². The molecule has 2 atom stereocenters. The number of hydrogen-bond acceptors (Lipinski definition) is 3. The normalized spacial score (nSPS) is 24.3. The molecule has 1 heterocycles. The minimum absolute atomic E-state index is 0. The predicted molar refractivity (Wildman–Crippen MR) is 64.9 cm³/mol. The van der Waals surface area contributed by atoms with Crippen molar-refractivity contribution in [2.45, 2.75) is 32.7 Å². The Hall–Kier alpha value is 0.160. The van der Waals surface area contributed by atoms with Crippen molar-refractivity contribution in [2.24, 2.45) is 5.92 Å². The van der Waals surface area contributed by atoms with E-state index in [9.17, 15) is 8.42 Å². The lowest BCUT2D eigenvalue weighted by molar-refractivity contribution is 0.320. The Morgan fingerprint density at radius 1 is 1.53 bits per heavy atom. The van der Waals surface area contributed by atoms with E-state index in [-0.39, 0.29) is 24.2 Å². The van der Waals surface area contributed by atoms with E-state index in [2.05, 4.69) is 10.0 Å². The molecule has 4 nitrogen and oxygen atoms in total. The van der Waals surface area contributed by atoms with Crippen molar-refractivity contribution in [3.8, 4) is 0 Å². The van der Waals surface area contributed by atoms with Gasteiger partial charge >= 0.3 is 0 Å². The Kier molecular flexibility index (Phi) is 6.75. The average molecular weight is 257 g/mol. The van der Waals surface area contributed by atoms with Crippen molar-refractivity contribution < 1.29 is 8.42 Å². The van der Waals surface area contributed by atoms with E-state index in [1.165, 1.54) is 0 Å². The molecule has 0 radical (unpaired) electrons. The highest BCUT2D eigenvalue weighted by Crippen LogP contribution is 2.14. The molecular weight excluding hydrogens is 236 g/mol. The zero-order chi connectivity index (χ0) is 10.6. The van der Waals surface area contributed by atoms with Gasteiger partial charge in [-0.15, -0.1) is 12.4 Å². The first-order valence-electron chi connectivity index (χ1n) is 5.26. The first-order chi connectivity index (χ1) is 6.55. The van der Waals surface area contributed by atoms with Gasteiger partial charge in [0.05, 0.1) is 5.75 Å². The van der Waals surface area contributed by atoms with E-state index in [1.807, 2.05) is 6.92 Å². The quantitative estimate of drug-likeness (QED) is 0.780. The van der Waals surface area contributed by atoms with Crippen LogP contribution in [0.5, 0.6) is 0 Å². The molecule has 0 aliphatic carbocycles. The molecule has 0 aromatic heterocycles. The summed E-state index contributed by atoms with van der Waals surface area (Å²) in [4.78, 5) is 0. The van der Waals surface area contributed by atoms with Crippen molar-refractivity contribution >= 4 is 22.4 Å². The monoisotopic (exact) mass is 256 g/mol. The Morgan fingerprint density at radius 3 is 2.67 bits per heavy atom. The summed E-state index contributed by atoms with van der Waals surface area (Å²) in [6, 6.07) is 0.0488. The summed E-state index contributed by atoms with van der Waals surface area (Å²) in [6.45, 7) is 5.59. The summed E-state index contributed by atoms with van der Waals surface area (Å²) in [5.41, 5.74) is 0. The third-order valence-corrected chi connectivity index (χ3v) is 4.28. The van der Waals surface area contributed by atoms with Crippen LogP contribution in [0.2, 0.25) is 0 Å². The van der Waals surface area contributed by atoms with E-state index in [0.29, 0.717) is 5.92 Å². The lowest BCUT2D eigenvalue weighted by Crippen LogP contribution is -2.44. The van der Waals surface area contributed by atoms with Crippen molar-refractivity contribution in [3.05, 3.63) is 0 Å². The molecule has 1 fully saturated rings. The number of rotatable bonds is 4. The minimum Gasteiger partial charge on any atom is -0.316 e. The third-order valence-electron chi connectivity index (χ3n) is 2.79. The number of nitrogens with one attached hydrogen (secondary N) is 2. The van der Waals surface area contributed by atoms with E-state index in [4.69, 9.17) is 0 Å². The van der Waals surface area contributed by atoms with E-state index < -0.39 is 10.0 Å². The van der Waals surface area contributed by atoms with Gasteiger partial charge in [-0.25, -0.2) is 13.1 Å². The zero-order valence-electron chi connectivity index (χ0n) is 9.32. The smallest absolute Gasteiger partial charge is 0.211 e. The van der Waals surface area contributed by atoms with E-state index in [0.717, 1.165) is 25.9 Å². The average Bonchev–Trinajstić information content (AvgIpc) is 2.19. The lowest BCUT2D eigenvalue weighted by Gasteiger charge is -2.28. The summed E-state index contributed by atoms with van der Waals surface area (Å²) in [5.74, 6) is 0.599. The Bertz CT molecular complexity index is 263. The van der Waals surface area contributed by atoms with Crippen LogP contribution >= 0.6 is 12.4 Å². The molecule has 0 aromatic rings. The molecular formula is C9H21ClN2O2S.